The first kappa shape index (κ1) is 22.7. The van der Waals surface area contributed by atoms with E-state index >= 15 is 0 Å². The van der Waals surface area contributed by atoms with E-state index in [4.69, 9.17) is 4.74 Å². The van der Waals surface area contributed by atoms with Gasteiger partial charge in [0.15, 0.2) is 0 Å². The summed E-state index contributed by atoms with van der Waals surface area (Å²) in [5.74, 6) is -0.424. The van der Waals surface area contributed by atoms with Crippen LogP contribution >= 0.6 is 0 Å². The van der Waals surface area contributed by atoms with Crippen LogP contribution in [-0.2, 0) is 19.6 Å². The quantitative estimate of drug-likeness (QED) is 0.672. The molecule has 2 fully saturated rings. The molecule has 1 aromatic carbocycles. The van der Waals surface area contributed by atoms with Crippen molar-refractivity contribution in [2.24, 2.45) is 5.92 Å². The Bertz CT molecular complexity index is 846. The van der Waals surface area contributed by atoms with Crippen molar-refractivity contribution in [3.05, 3.63) is 29.8 Å². The fraction of sp³-hybridized carbons (Fsp3) is 0.619. The summed E-state index contributed by atoms with van der Waals surface area (Å²) in [4.78, 5) is 28.9. The molecule has 1 unspecified atom stereocenters. The molecule has 2 heterocycles. The maximum atomic E-state index is 13.1. The van der Waals surface area contributed by atoms with E-state index in [1.54, 1.807) is 21.9 Å². The van der Waals surface area contributed by atoms with Crippen molar-refractivity contribution in [2.45, 2.75) is 31.6 Å². The van der Waals surface area contributed by atoms with Gasteiger partial charge in [-0.2, -0.15) is 4.31 Å². The molecular weight excluding hydrogens is 406 g/mol. The maximum absolute atomic E-state index is 13.1. The molecule has 2 aliphatic rings. The van der Waals surface area contributed by atoms with Crippen LogP contribution in [0.15, 0.2) is 29.2 Å². The van der Waals surface area contributed by atoms with Crippen molar-refractivity contribution in [3.8, 4) is 0 Å². The van der Waals surface area contributed by atoms with Gasteiger partial charge in [0.25, 0.3) is 5.91 Å². The van der Waals surface area contributed by atoms with Crippen molar-refractivity contribution >= 4 is 21.8 Å². The van der Waals surface area contributed by atoms with Crippen LogP contribution < -0.4 is 0 Å². The molecule has 2 amide bonds. The molecule has 0 saturated carbocycles. The van der Waals surface area contributed by atoms with Gasteiger partial charge in [0.1, 0.15) is 0 Å². The second-order valence-electron chi connectivity index (χ2n) is 7.64. The number of hydrogen-bond donors (Lipinski definition) is 0. The number of rotatable bonds is 6. The molecule has 9 heteroatoms. The van der Waals surface area contributed by atoms with Gasteiger partial charge in [-0.25, -0.2) is 8.42 Å². The number of benzene rings is 1. The molecule has 30 heavy (non-hydrogen) atoms. The van der Waals surface area contributed by atoms with Gasteiger partial charge in [0, 0.05) is 44.8 Å². The molecule has 0 aliphatic carbocycles. The maximum Gasteiger partial charge on any atom is 0.253 e. The van der Waals surface area contributed by atoms with E-state index in [1.807, 2.05) is 13.8 Å². The fourth-order valence-corrected chi connectivity index (χ4v) is 5.54. The summed E-state index contributed by atoms with van der Waals surface area (Å²) < 4.78 is 33.0. The predicted octanol–water partition coefficient (Wildman–Crippen LogP) is 1.43. The Labute approximate surface area is 178 Å². The second-order valence-corrected chi connectivity index (χ2v) is 9.58. The molecule has 1 atom stereocenters. The Morgan fingerprint density at radius 3 is 2.30 bits per heavy atom. The van der Waals surface area contributed by atoms with Gasteiger partial charge in [-0.05, 0) is 51.0 Å². The summed E-state index contributed by atoms with van der Waals surface area (Å²) in [6.07, 6.45) is 1.35. The van der Waals surface area contributed by atoms with E-state index in [-0.39, 0.29) is 29.2 Å². The molecule has 3 rings (SSSR count). The van der Waals surface area contributed by atoms with Gasteiger partial charge in [-0.15, -0.1) is 0 Å². The average molecular weight is 438 g/mol. The molecular formula is C21H31N3O5S. The monoisotopic (exact) mass is 437 g/mol. The molecule has 2 aliphatic heterocycles. The summed E-state index contributed by atoms with van der Waals surface area (Å²) in [5.41, 5.74) is 0.469. The summed E-state index contributed by atoms with van der Waals surface area (Å²) in [7, 11) is -3.72. The first-order valence-electron chi connectivity index (χ1n) is 10.6. The van der Waals surface area contributed by atoms with Gasteiger partial charge < -0.3 is 14.5 Å². The Morgan fingerprint density at radius 1 is 1.07 bits per heavy atom. The molecule has 0 N–H and O–H groups in total. The first-order chi connectivity index (χ1) is 14.4. The number of piperidine rings is 1. The van der Waals surface area contributed by atoms with Crippen molar-refractivity contribution in [1.29, 1.82) is 0 Å². The molecule has 0 bridgehead atoms. The van der Waals surface area contributed by atoms with Crippen molar-refractivity contribution in [2.75, 3.05) is 52.5 Å². The van der Waals surface area contributed by atoms with E-state index in [0.29, 0.717) is 64.3 Å². The Morgan fingerprint density at radius 2 is 1.70 bits per heavy atom. The first-order valence-corrected chi connectivity index (χ1v) is 12.1. The molecule has 2 saturated heterocycles. The topological polar surface area (TPSA) is 87.2 Å². The van der Waals surface area contributed by atoms with E-state index < -0.39 is 10.0 Å². The van der Waals surface area contributed by atoms with Crippen molar-refractivity contribution in [3.63, 3.8) is 0 Å². The summed E-state index contributed by atoms with van der Waals surface area (Å²) >= 11 is 0. The van der Waals surface area contributed by atoms with Gasteiger partial charge in [-0.1, -0.05) is 0 Å². The number of ether oxygens (including phenoxy) is 1. The Kier molecular flexibility index (Phi) is 7.49. The number of amides is 2. The number of sulfonamides is 1. The van der Waals surface area contributed by atoms with Crippen LogP contribution in [0.3, 0.4) is 0 Å². The van der Waals surface area contributed by atoms with E-state index in [9.17, 15) is 18.0 Å². The number of nitrogens with zero attached hydrogens (tertiary/aromatic N) is 3. The fourth-order valence-electron chi connectivity index (χ4n) is 4.02. The van der Waals surface area contributed by atoms with Crippen molar-refractivity contribution in [1.82, 2.24) is 14.1 Å². The molecule has 8 nitrogen and oxygen atoms in total. The lowest BCUT2D eigenvalue weighted by atomic mass is 9.98. The normalized spacial score (nSPS) is 20.7. The van der Waals surface area contributed by atoms with Crippen molar-refractivity contribution < 1.29 is 22.7 Å². The number of hydrogen-bond acceptors (Lipinski definition) is 5. The number of carbonyl (C=O) groups excluding carboxylic acids is 2. The minimum absolute atomic E-state index is 0.0124. The second kappa shape index (κ2) is 9.89. The van der Waals surface area contributed by atoms with E-state index in [1.165, 1.54) is 16.4 Å². The van der Waals surface area contributed by atoms with Gasteiger partial charge in [-0.3, -0.25) is 9.59 Å². The lowest BCUT2D eigenvalue weighted by molar-refractivity contribution is -0.140. The van der Waals surface area contributed by atoms with Gasteiger partial charge >= 0.3 is 0 Å². The Balaban J connectivity index is 1.71. The lowest BCUT2D eigenvalue weighted by Gasteiger charge is -2.35. The van der Waals surface area contributed by atoms with Crippen LogP contribution in [0.4, 0.5) is 0 Å². The van der Waals surface area contributed by atoms with Crippen LogP contribution in [0.25, 0.3) is 0 Å². The number of morpholine rings is 1. The lowest BCUT2D eigenvalue weighted by Crippen LogP contribution is -2.49. The average Bonchev–Trinajstić information content (AvgIpc) is 2.80. The van der Waals surface area contributed by atoms with Crippen LogP contribution in [0, 0.1) is 5.92 Å². The molecule has 166 valence electrons. The summed E-state index contributed by atoms with van der Waals surface area (Å²) in [5, 5.41) is 0. The minimum atomic E-state index is -3.72. The SMILES string of the molecule is CCN(CC)C(=O)c1ccc(S(=O)(=O)N2CCCC(C(=O)N3CCOCC3)C2)cc1. The predicted molar refractivity (Wildman–Crippen MR) is 113 cm³/mol. The molecule has 0 radical (unpaired) electrons. The van der Waals surface area contributed by atoms with Crippen LogP contribution in [0.1, 0.15) is 37.0 Å². The highest BCUT2D eigenvalue weighted by Crippen LogP contribution is 2.25. The standard InChI is InChI=1S/C21H31N3O5S/c1-3-22(4-2)20(25)17-7-9-19(10-8-17)30(27,28)24-11-5-6-18(16-24)21(26)23-12-14-29-15-13-23/h7-10,18H,3-6,11-16H2,1-2H3. The van der Waals surface area contributed by atoms with Gasteiger partial charge in [0.05, 0.1) is 24.0 Å². The summed E-state index contributed by atoms with van der Waals surface area (Å²) in [6, 6.07) is 6.10. The highest BCUT2D eigenvalue weighted by Gasteiger charge is 2.35. The largest absolute Gasteiger partial charge is 0.378 e. The van der Waals surface area contributed by atoms with Gasteiger partial charge in [0.2, 0.25) is 15.9 Å². The smallest absolute Gasteiger partial charge is 0.253 e. The highest BCUT2D eigenvalue weighted by molar-refractivity contribution is 7.89. The molecule has 0 aromatic heterocycles. The third-order valence-electron chi connectivity index (χ3n) is 5.85. The molecule has 0 spiro atoms. The van der Waals surface area contributed by atoms with Crippen LogP contribution in [0.2, 0.25) is 0 Å². The third kappa shape index (κ3) is 4.84. The minimum Gasteiger partial charge on any atom is -0.378 e. The van der Waals surface area contributed by atoms with E-state index in [2.05, 4.69) is 0 Å². The molecule has 1 aromatic rings. The zero-order valence-electron chi connectivity index (χ0n) is 17.7. The van der Waals surface area contributed by atoms with Crippen LogP contribution in [0.5, 0.6) is 0 Å². The highest BCUT2D eigenvalue weighted by atomic mass is 32.2. The Hall–Kier alpha value is -1.97. The number of carbonyl (C=O) groups is 2. The zero-order valence-corrected chi connectivity index (χ0v) is 18.6. The third-order valence-corrected chi connectivity index (χ3v) is 7.73. The zero-order chi connectivity index (χ0) is 21.7. The summed E-state index contributed by atoms with van der Waals surface area (Å²) in [6.45, 7) is 7.78. The van der Waals surface area contributed by atoms with Crippen LogP contribution in [-0.4, -0.2) is 86.8 Å². The van der Waals surface area contributed by atoms with E-state index in [0.717, 1.165) is 0 Å².